The van der Waals surface area contributed by atoms with Gasteiger partial charge in [-0.3, -0.25) is 0 Å². The van der Waals surface area contributed by atoms with Crippen molar-refractivity contribution in [3.05, 3.63) is 60.2 Å². The van der Waals surface area contributed by atoms with E-state index in [1.54, 1.807) is 0 Å². The number of ether oxygens (including phenoxy) is 12. The van der Waals surface area contributed by atoms with Crippen LogP contribution in [0.2, 0.25) is 0 Å². The van der Waals surface area contributed by atoms with Crippen molar-refractivity contribution in [2.75, 3.05) is 145 Å². The summed E-state index contributed by atoms with van der Waals surface area (Å²) in [5.74, 6) is 0. The topological polar surface area (TPSA) is 111 Å². The van der Waals surface area contributed by atoms with Crippen LogP contribution < -0.4 is 0 Å². The summed E-state index contributed by atoms with van der Waals surface area (Å²) in [6.07, 6.45) is 31.3. The summed E-state index contributed by atoms with van der Waals surface area (Å²) in [6, 6.07) is 20.5. The smallest absolute Gasteiger partial charge is 0.104 e. The highest BCUT2D eigenvalue weighted by molar-refractivity contribution is 6.23. The molecule has 0 bridgehead atoms. The average Bonchev–Trinajstić information content (AvgIpc) is 3.45. The van der Waals surface area contributed by atoms with Gasteiger partial charge in [0.05, 0.1) is 132 Å². The van der Waals surface area contributed by atoms with E-state index in [1.165, 1.54) is 173 Å². The van der Waals surface area contributed by atoms with Gasteiger partial charge in [-0.1, -0.05) is 190 Å². The molecule has 0 amide bonds. The number of aryl methyl sites for hydroxylation is 1. The van der Waals surface area contributed by atoms with Gasteiger partial charge in [0.15, 0.2) is 0 Å². The van der Waals surface area contributed by atoms with Crippen LogP contribution in [0.15, 0.2) is 54.6 Å². The van der Waals surface area contributed by atoms with Gasteiger partial charge in [0, 0.05) is 13.2 Å². The van der Waals surface area contributed by atoms with Gasteiger partial charge in [0.1, 0.15) is 12.2 Å². The van der Waals surface area contributed by atoms with E-state index < -0.39 is 0 Å². The number of hydrogen-bond donors (Lipinski definition) is 0. The number of rotatable bonds is 43. The summed E-state index contributed by atoms with van der Waals surface area (Å²) in [5.41, 5.74) is 1.49. The highest BCUT2D eigenvalue weighted by Crippen LogP contribution is 2.36. The summed E-state index contributed by atoms with van der Waals surface area (Å²) >= 11 is 0. The van der Waals surface area contributed by atoms with Gasteiger partial charge in [-0.15, -0.1) is 0 Å². The van der Waals surface area contributed by atoms with Gasteiger partial charge < -0.3 is 56.8 Å². The van der Waals surface area contributed by atoms with Crippen LogP contribution in [0.1, 0.15) is 160 Å². The van der Waals surface area contributed by atoms with Crippen LogP contribution in [0.5, 0.6) is 0 Å². The molecule has 5 rings (SSSR count). The lowest BCUT2D eigenvalue weighted by molar-refractivity contribution is -0.0895. The second kappa shape index (κ2) is 46.1. The Kier molecular flexibility index (Phi) is 39.1. The van der Waals surface area contributed by atoms with Gasteiger partial charge in [-0.25, -0.2) is 0 Å². The van der Waals surface area contributed by atoms with E-state index in [4.69, 9.17) is 56.8 Å². The summed E-state index contributed by atoms with van der Waals surface area (Å²) in [7, 11) is 0. The molecule has 2 unspecified atom stereocenters. The Hall–Kier alpha value is -2.56. The Bertz CT molecular complexity index is 1900. The highest BCUT2D eigenvalue weighted by atomic mass is 16.6. The first-order chi connectivity index (χ1) is 38.3. The fourth-order valence-electron chi connectivity index (χ4n) is 10.2. The lowest BCUT2D eigenvalue weighted by Gasteiger charge is -2.19. The summed E-state index contributed by atoms with van der Waals surface area (Å²) in [6.45, 7) is 13.7. The molecule has 0 radical (unpaired) electrons. The predicted molar refractivity (Wildman–Crippen MR) is 313 cm³/mol. The van der Waals surface area contributed by atoms with Crippen molar-refractivity contribution in [2.45, 2.75) is 173 Å². The van der Waals surface area contributed by atoms with Crippen molar-refractivity contribution in [1.82, 2.24) is 0 Å². The van der Waals surface area contributed by atoms with Gasteiger partial charge in [0.25, 0.3) is 0 Å². The number of hydrogen-bond acceptors (Lipinski definition) is 12. The Morgan fingerprint density at radius 2 is 0.818 bits per heavy atom. The summed E-state index contributed by atoms with van der Waals surface area (Å²) in [4.78, 5) is 0. The fourth-order valence-corrected chi connectivity index (χ4v) is 10.2. The minimum atomic E-state index is -0.212. The third-order valence-electron chi connectivity index (χ3n) is 14.6. The zero-order valence-electron chi connectivity index (χ0n) is 48.3. The quantitative estimate of drug-likeness (QED) is 0.0311. The molecule has 0 aliphatic carbocycles. The molecular weight excluding hydrogens is 973 g/mol. The third kappa shape index (κ3) is 30.7. The fraction of sp³-hybridized carbons (Fsp3) is 0.754. The summed E-state index contributed by atoms with van der Waals surface area (Å²) in [5, 5.41) is 8.31. The molecule has 0 saturated carbocycles. The average molecular weight is 1080 g/mol. The molecule has 77 heavy (non-hydrogen) atoms. The molecule has 4 aromatic rings. The first kappa shape index (κ1) is 65.3. The number of unbranched alkanes of at least 4 members (excludes halogenated alkanes) is 21. The highest BCUT2D eigenvalue weighted by Gasteiger charge is 2.14. The molecule has 12 nitrogen and oxygen atoms in total. The minimum absolute atomic E-state index is 0.0767. The van der Waals surface area contributed by atoms with Gasteiger partial charge in [-0.2, -0.15) is 0 Å². The SMILES string of the molecule is CCCCCCCCCCCCCCCCCCOCC(COCCOCCOCCOCC1COCCOCCOCCOCCOCCO1)OCCCCCCCCCc1ccc2ccc3cccc4ccc1c2c34. The second-order valence-electron chi connectivity index (χ2n) is 21.1. The molecule has 12 heteroatoms. The maximum atomic E-state index is 6.38. The minimum Gasteiger partial charge on any atom is -0.379 e. The lowest BCUT2D eigenvalue weighted by Crippen LogP contribution is -2.29. The van der Waals surface area contributed by atoms with Crippen LogP contribution in [0, 0.1) is 0 Å². The van der Waals surface area contributed by atoms with E-state index in [0.717, 1.165) is 32.5 Å². The third-order valence-corrected chi connectivity index (χ3v) is 14.6. The van der Waals surface area contributed by atoms with Gasteiger partial charge in [-0.05, 0) is 63.6 Å². The normalized spacial score (nSPS) is 16.4. The van der Waals surface area contributed by atoms with E-state index >= 15 is 0 Å². The Balaban J connectivity index is 0.877. The zero-order chi connectivity index (χ0) is 53.6. The standard InChI is InChI=1S/C65H106O12/c1-2-3-4-5-6-7-8-9-10-11-12-13-14-17-20-23-35-72-53-61(76-36-24-21-18-15-16-19-22-26-57-29-30-60-32-31-58-27-25-28-59-33-34-63(57)65(60)64(58)59)54-73-48-45-69-41-42-70-47-50-75-56-62-55-74-49-46-68-40-39-66-37-38-67-43-44-71-51-52-77-62/h25,27-34,61-62H,2-24,26,35-56H2,1H3. The van der Waals surface area contributed by atoms with Crippen molar-refractivity contribution in [1.29, 1.82) is 0 Å². The lowest BCUT2D eigenvalue weighted by atomic mass is 9.90. The van der Waals surface area contributed by atoms with Crippen molar-refractivity contribution >= 4 is 32.3 Å². The number of benzene rings is 4. The van der Waals surface area contributed by atoms with Crippen molar-refractivity contribution in [3.8, 4) is 0 Å². The molecule has 1 heterocycles. The molecular formula is C65H106O12. The molecule has 1 fully saturated rings. The van der Waals surface area contributed by atoms with Gasteiger partial charge in [0.2, 0.25) is 0 Å². The van der Waals surface area contributed by atoms with Crippen LogP contribution in [-0.2, 0) is 63.3 Å². The van der Waals surface area contributed by atoms with E-state index in [-0.39, 0.29) is 12.2 Å². The van der Waals surface area contributed by atoms with Crippen molar-refractivity contribution in [2.24, 2.45) is 0 Å². The van der Waals surface area contributed by atoms with Crippen LogP contribution in [0.3, 0.4) is 0 Å². The van der Waals surface area contributed by atoms with Gasteiger partial charge >= 0.3 is 0 Å². The van der Waals surface area contributed by atoms with Crippen molar-refractivity contribution in [3.63, 3.8) is 0 Å². The predicted octanol–water partition coefficient (Wildman–Crippen LogP) is 14.1. The van der Waals surface area contributed by atoms with Crippen LogP contribution in [0.4, 0.5) is 0 Å². The van der Waals surface area contributed by atoms with Crippen LogP contribution >= 0.6 is 0 Å². The first-order valence-electron chi connectivity index (χ1n) is 31.0. The van der Waals surface area contributed by atoms with E-state index in [9.17, 15) is 0 Å². The Morgan fingerprint density at radius 3 is 1.39 bits per heavy atom. The molecule has 1 aliphatic heterocycles. The molecule has 438 valence electrons. The van der Waals surface area contributed by atoms with Crippen LogP contribution in [-0.4, -0.2) is 158 Å². The zero-order valence-corrected chi connectivity index (χ0v) is 48.3. The maximum Gasteiger partial charge on any atom is 0.104 e. The molecule has 4 aromatic carbocycles. The maximum absolute atomic E-state index is 6.38. The monoisotopic (exact) mass is 1080 g/mol. The summed E-state index contributed by atoms with van der Waals surface area (Å²) < 4.78 is 70.0. The van der Waals surface area contributed by atoms with Crippen LogP contribution in [0.25, 0.3) is 32.3 Å². The second-order valence-corrected chi connectivity index (χ2v) is 21.1. The molecule has 0 spiro atoms. The Morgan fingerprint density at radius 1 is 0.390 bits per heavy atom. The molecule has 2 atom stereocenters. The molecule has 1 saturated heterocycles. The molecule has 1 aliphatic rings. The van der Waals surface area contributed by atoms with Crippen molar-refractivity contribution < 1.29 is 56.8 Å². The van der Waals surface area contributed by atoms with E-state index in [1.807, 2.05) is 0 Å². The molecule has 0 N–H and O–H groups in total. The van der Waals surface area contributed by atoms with E-state index in [2.05, 4.69) is 61.5 Å². The Labute approximate surface area is 466 Å². The largest absolute Gasteiger partial charge is 0.379 e. The first-order valence-corrected chi connectivity index (χ1v) is 31.0. The molecule has 0 aromatic heterocycles. The van der Waals surface area contributed by atoms with E-state index in [0.29, 0.717) is 132 Å².